The lowest BCUT2D eigenvalue weighted by Gasteiger charge is -2.30. The zero-order valence-corrected chi connectivity index (χ0v) is 13.4. The number of rotatable bonds is 4. The number of amides is 1. The van der Waals surface area contributed by atoms with Gasteiger partial charge in [0.2, 0.25) is 11.9 Å². The predicted molar refractivity (Wildman–Crippen MR) is 85.4 cm³/mol. The van der Waals surface area contributed by atoms with Crippen LogP contribution in [-0.2, 0) is 14.3 Å². The Kier molecular flexibility index (Phi) is 4.96. The average molecular weight is 329 g/mol. The molecule has 1 aliphatic rings. The van der Waals surface area contributed by atoms with Crippen LogP contribution in [0.1, 0.15) is 28.0 Å². The normalized spacial score (nSPS) is 15.8. The van der Waals surface area contributed by atoms with E-state index in [1.807, 2.05) is 6.07 Å². The third-order valence-corrected chi connectivity index (χ3v) is 3.82. The number of furan rings is 1. The average Bonchev–Trinajstić information content (AvgIpc) is 3.07. The highest BCUT2D eigenvalue weighted by Gasteiger charge is 2.31. The van der Waals surface area contributed by atoms with E-state index in [0.29, 0.717) is 37.6 Å². The third-order valence-electron chi connectivity index (χ3n) is 3.82. The summed E-state index contributed by atoms with van der Waals surface area (Å²) in [4.78, 5) is 26.8. The summed E-state index contributed by atoms with van der Waals surface area (Å²) < 4.78 is 16.0. The second kappa shape index (κ2) is 7.31. The Hall–Kier alpha value is -2.60. The number of hydrogen-bond acceptors (Lipinski definition) is 5. The number of carbonyl (C=O) groups excluding carboxylic acids is 2. The van der Waals surface area contributed by atoms with E-state index in [-0.39, 0.29) is 11.7 Å². The zero-order chi connectivity index (χ0) is 16.9. The Morgan fingerprint density at radius 1 is 1.08 bits per heavy atom. The molecule has 1 aromatic carbocycles. The maximum Gasteiger partial charge on any atom is 0.375 e. The number of esters is 1. The first-order valence-electron chi connectivity index (χ1n) is 7.84. The van der Waals surface area contributed by atoms with Crippen LogP contribution in [-0.4, -0.2) is 43.1 Å². The molecule has 0 unspecified atom stereocenters. The summed E-state index contributed by atoms with van der Waals surface area (Å²) in [6.07, 6.45) is -0.998. The summed E-state index contributed by atoms with van der Waals surface area (Å²) in [6.45, 7) is 3.68. The fraction of sp³-hybridized carbons (Fsp3) is 0.333. The van der Waals surface area contributed by atoms with Crippen molar-refractivity contribution < 1.29 is 23.5 Å². The van der Waals surface area contributed by atoms with Crippen LogP contribution in [0.25, 0.3) is 0 Å². The molecular weight excluding hydrogens is 310 g/mol. The first kappa shape index (κ1) is 16.3. The highest BCUT2D eigenvalue weighted by atomic mass is 16.6. The number of benzene rings is 1. The van der Waals surface area contributed by atoms with Gasteiger partial charge in [0.1, 0.15) is 5.76 Å². The lowest BCUT2D eigenvalue weighted by molar-refractivity contribution is -0.145. The molecule has 2 heterocycles. The number of morpholine rings is 1. The number of carbonyl (C=O) groups is 2. The molecule has 0 aliphatic carbocycles. The van der Waals surface area contributed by atoms with Crippen molar-refractivity contribution in [2.45, 2.75) is 13.0 Å². The Morgan fingerprint density at radius 3 is 2.42 bits per heavy atom. The van der Waals surface area contributed by atoms with Crippen LogP contribution in [0.2, 0.25) is 0 Å². The smallest absolute Gasteiger partial charge is 0.375 e. The minimum absolute atomic E-state index is 0.0863. The lowest BCUT2D eigenvalue weighted by atomic mass is 10.1. The maximum atomic E-state index is 12.8. The molecule has 1 aromatic heterocycles. The van der Waals surface area contributed by atoms with E-state index >= 15 is 0 Å². The summed E-state index contributed by atoms with van der Waals surface area (Å²) in [7, 11) is 0. The molecule has 0 saturated carbocycles. The van der Waals surface area contributed by atoms with Gasteiger partial charge in [0.15, 0.2) is 0 Å². The minimum atomic E-state index is -0.998. The molecule has 6 heteroatoms. The van der Waals surface area contributed by atoms with Gasteiger partial charge in [0.05, 0.1) is 13.2 Å². The van der Waals surface area contributed by atoms with Gasteiger partial charge in [-0.1, -0.05) is 30.3 Å². The van der Waals surface area contributed by atoms with Crippen molar-refractivity contribution >= 4 is 11.9 Å². The van der Waals surface area contributed by atoms with Crippen molar-refractivity contribution in [3.63, 3.8) is 0 Å². The Morgan fingerprint density at radius 2 is 1.79 bits per heavy atom. The van der Waals surface area contributed by atoms with Gasteiger partial charge in [-0.05, 0) is 19.1 Å². The van der Waals surface area contributed by atoms with Gasteiger partial charge in [0.25, 0.3) is 5.91 Å². The van der Waals surface area contributed by atoms with E-state index in [2.05, 4.69) is 0 Å². The second-order valence-electron chi connectivity index (χ2n) is 5.54. The third kappa shape index (κ3) is 3.65. The molecule has 3 rings (SSSR count). The molecule has 0 spiro atoms. The van der Waals surface area contributed by atoms with Crippen LogP contribution in [0.5, 0.6) is 0 Å². The summed E-state index contributed by atoms with van der Waals surface area (Å²) in [5.41, 5.74) is 0.630. The van der Waals surface area contributed by atoms with Crippen molar-refractivity contribution in [1.82, 2.24) is 4.90 Å². The Bertz CT molecular complexity index is 703. The molecule has 0 bridgehead atoms. The molecule has 1 saturated heterocycles. The van der Waals surface area contributed by atoms with E-state index < -0.39 is 12.1 Å². The molecule has 6 nitrogen and oxygen atoms in total. The fourth-order valence-corrected chi connectivity index (χ4v) is 2.55. The van der Waals surface area contributed by atoms with Crippen molar-refractivity contribution in [3.8, 4) is 0 Å². The van der Waals surface area contributed by atoms with Crippen molar-refractivity contribution in [3.05, 3.63) is 59.5 Å². The number of nitrogens with zero attached hydrogens (tertiary/aromatic N) is 1. The van der Waals surface area contributed by atoms with Crippen molar-refractivity contribution in [2.75, 3.05) is 26.3 Å². The van der Waals surface area contributed by atoms with Gasteiger partial charge in [-0.2, -0.15) is 0 Å². The van der Waals surface area contributed by atoms with Crippen LogP contribution in [0.15, 0.2) is 46.9 Å². The summed E-state index contributed by atoms with van der Waals surface area (Å²) in [6, 6.07) is 12.2. The summed E-state index contributed by atoms with van der Waals surface area (Å²) in [5, 5.41) is 0. The standard InChI is InChI=1S/C18H19NO5/c1-13-7-8-15(23-13)18(21)24-16(14-5-3-2-4-6-14)17(20)19-9-11-22-12-10-19/h2-8,16H,9-12H2,1H3/t16-/m1/s1. The van der Waals surface area contributed by atoms with Crippen LogP contribution >= 0.6 is 0 Å². The van der Waals surface area contributed by atoms with Crippen molar-refractivity contribution in [2.24, 2.45) is 0 Å². The predicted octanol–water partition coefficient (Wildman–Crippen LogP) is 2.34. The number of ether oxygens (including phenoxy) is 2. The fourth-order valence-electron chi connectivity index (χ4n) is 2.55. The van der Waals surface area contributed by atoms with Gasteiger partial charge < -0.3 is 18.8 Å². The van der Waals surface area contributed by atoms with Gasteiger partial charge in [-0.15, -0.1) is 0 Å². The monoisotopic (exact) mass is 329 g/mol. The summed E-state index contributed by atoms with van der Waals surface area (Å²) in [5.74, 6) is -0.208. The molecule has 126 valence electrons. The van der Waals surface area contributed by atoms with Crippen LogP contribution in [0.4, 0.5) is 0 Å². The molecule has 0 radical (unpaired) electrons. The van der Waals surface area contributed by atoms with E-state index in [0.717, 1.165) is 0 Å². The van der Waals surface area contributed by atoms with Crippen LogP contribution < -0.4 is 0 Å². The second-order valence-corrected chi connectivity index (χ2v) is 5.54. The van der Waals surface area contributed by atoms with Crippen LogP contribution in [0, 0.1) is 6.92 Å². The van der Waals surface area contributed by atoms with Gasteiger partial charge in [0, 0.05) is 18.7 Å². The lowest BCUT2D eigenvalue weighted by Crippen LogP contribution is -2.44. The van der Waals surface area contributed by atoms with E-state index in [1.165, 1.54) is 0 Å². The maximum absolute atomic E-state index is 12.8. The number of aryl methyl sites for hydroxylation is 1. The zero-order valence-electron chi connectivity index (χ0n) is 13.4. The molecule has 2 aromatic rings. The van der Waals surface area contributed by atoms with Crippen molar-refractivity contribution in [1.29, 1.82) is 0 Å². The minimum Gasteiger partial charge on any atom is -0.454 e. The molecule has 1 atom stereocenters. The SMILES string of the molecule is Cc1ccc(C(=O)O[C@@H](C(=O)N2CCOCC2)c2ccccc2)o1. The Labute approximate surface area is 140 Å². The molecular formula is C18H19NO5. The topological polar surface area (TPSA) is 69.0 Å². The van der Waals surface area contributed by atoms with Gasteiger partial charge in [-0.25, -0.2) is 4.79 Å². The highest BCUT2D eigenvalue weighted by Crippen LogP contribution is 2.23. The highest BCUT2D eigenvalue weighted by molar-refractivity contribution is 5.90. The first-order chi connectivity index (χ1) is 11.6. The number of hydrogen-bond donors (Lipinski definition) is 0. The molecule has 1 amide bonds. The molecule has 1 fully saturated rings. The molecule has 0 N–H and O–H groups in total. The van der Waals surface area contributed by atoms with E-state index in [1.54, 1.807) is 48.2 Å². The Balaban J connectivity index is 1.82. The van der Waals surface area contributed by atoms with E-state index in [4.69, 9.17) is 13.9 Å². The quantitative estimate of drug-likeness (QED) is 0.805. The summed E-state index contributed by atoms with van der Waals surface area (Å²) >= 11 is 0. The van der Waals surface area contributed by atoms with Crippen LogP contribution in [0.3, 0.4) is 0 Å². The molecule has 24 heavy (non-hydrogen) atoms. The van der Waals surface area contributed by atoms with E-state index in [9.17, 15) is 9.59 Å². The largest absolute Gasteiger partial charge is 0.454 e. The molecule has 1 aliphatic heterocycles. The van der Waals surface area contributed by atoms with Gasteiger partial charge in [-0.3, -0.25) is 4.79 Å². The first-order valence-corrected chi connectivity index (χ1v) is 7.84. The van der Waals surface area contributed by atoms with Gasteiger partial charge >= 0.3 is 5.97 Å².